The van der Waals surface area contributed by atoms with Gasteiger partial charge in [-0.1, -0.05) is 30.3 Å². The van der Waals surface area contributed by atoms with Gasteiger partial charge in [0.15, 0.2) is 6.10 Å². The van der Waals surface area contributed by atoms with Gasteiger partial charge < -0.3 is 25.3 Å². The second-order valence-electron chi connectivity index (χ2n) is 7.35. The second kappa shape index (κ2) is 11.6. The summed E-state index contributed by atoms with van der Waals surface area (Å²) in [5, 5.41) is 2.82. The van der Waals surface area contributed by atoms with Crippen molar-refractivity contribution in [1.29, 1.82) is 0 Å². The summed E-state index contributed by atoms with van der Waals surface area (Å²) in [6, 6.07) is 15.6. The van der Waals surface area contributed by atoms with Crippen LogP contribution in [0, 0.1) is 5.92 Å². The molecule has 2 aromatic rings. The number of hydrogen-bond acceptors (Lipinski definition) is 6. The molecule has 0 bridgehead atoms. The third-order valence-electron chi connectivity index (χ3n) is 5.11. The van der Waals surface area contributed by atoms with Gasteiger partial charge in [0.25, 0.3) is 5.91 Å². The fourth-order valence-electron chi connectivity index (χ4n) is 3.46. The van der Waals surface area contributed by atoms with Gasteiger partial charge in [0.2, 0.25) is 0 Å². The first-order valence-corrected chi connectivity index (χ1v) is 11.2. The largest absolute Gasteiger partial charge is 0.496 e. The average Bonchev–Trinajstić information content (AvgIpc) is 2.78. The van der Waals surface area contributed by atoms with E-state index in [2.05, 4.69) is 17.4 Å². The van der Waals surface area contributed by atoms with Crippen LogP contribution in [0.25, 0.3) is 0 Å². The molecule has 2 amide bonds. The second-order valence-corrected chi connectivity index (χ2v) is 8.36. The minimum Gasteiger partial charge on any atom is -0.496 e. The van der Waals surface area contributed by atoms with Crippen molar-refractivity contribution in [2.24, 2.45) is 11.7 Å². The Morgan fingerprint density at radius 1 is 1.19 bits per heavy atom. The standard InChI is InChI=1S/C23H28N2O5S/c1-28-19-14-18(7-8-21(19)31-15-17-5-3-2-4-6-17)25-22(26)20(30-23(24)27)13-16-9-11-29-12-10-16/h2-8,14,16,20H,9-13,15H2,1H3,(H2,24,27)(H,25,26)/t20-/m0/s1. The Morgan fingerprint density at radius 2 is 1.94 bits per heavy atom. The molecule has 0 saturated carbocycles. The molecule has 1 aliphatic rings. The highest BCUT2D eigenvalue weighted by molar-refractivity contribution is 7.98. The minimum absolute atomic E-state index is 0.246. The summed E-state index contributed by atoms with van der Waals surface area (Å²) in [6.45, 7) is 1.30. The third kappa shape index (κ3) is 7.18. The number of ether oxygens (including phenoxy) is 3. The topological polar surface area (TPSA) is 99.9 Å². The Kier molecular flexibility index (Phi) is 8.61. The molecule has 1 heterocycles. The van der Waals surface area contributed by atoms with Gasteiger partial charge in [-0.2, -0.15) is 0 Å². The van der Waals surface area contributed by atoms with Gasteiger partial charge in [-0.15, -0.1) is 11.8 Å². The number of anilines is 1. The van der Waals surface area contributed by atoms with Crippen LogP contribution in [-0.4, -0.2) is 38.4 Å². The predicted octanol–water partition coefficient (Wildman–Crippen LogP) is 4.21. The smallest absolute Gasteiger partial charge is 0.405 e. The lowest BCUT2D eigenvalue weighted by Crippen LogP contribution is -2.36. The monoisotopic (exact) mass is 444 g/mol. The number of carbonyl (C=O) groups excluding carboxylic acids is 2. The molecule has 1 aliphatic heterocycles. The maximum atomic E-state index is 12.8. The Balaban J connectivity index is 1.64. The van der Waals surface area contributed by atoms with Crippen molar-refractivity contribution in [2.75, 3.05) is 25.6 Å². The lowest BCUT2D eigenvalue weighted by Gasteiger charge is -2.25. The van der Waals surface area contributed by atoms with Crippen LogP contribution in [0.1, 0.15) is 24.8 Å². The number of primary amides is 1. The summed E-state index contributed by atoms with van der Waals surface area (Å²) in [6.07, 6.45) is 0.164. The third-order valence-corrected chi connectivity index (χ3v) is 6.23. The van der Waals surface area contributed by atoms with Crippen molar-refractivity contribution in [3.8, 4) is 5.75 Å². The molecule has 166 valence electrons. The number of rotatable bonds is 9. The summed E-state index contributed by atoms with van der Waals surface area (Å²) in [5.41, 5.74) is 6.97. The first-order chi connectivity index (χ1) is 15.0. The Labute approximate surface area is 186 Å². The summed E-state index contributed by atoms with van der Waals surface area (Å²) < 4.78 is 16.0. The van der Waals surface area contributed by atoms with Crippen molar-refractivity contribution in [3.05, 3.63) is 54.1 Å². The zero-order valence-electron chi connectivity index (χ0n) is 17.5. The number of benzene rings is 2. The number of nitrogens with one attached hydrogen (secondary N) is 1. The van der Waals surface area contributed by atoms with E-state index < -0.39 is 18.1 Å². The molecule has 0 unspecified atom stereocenters. The number of nitrogens with two attached hydrogens (primary N) is 1. The van der Waals surface area contributed by atoms with Crippen molar-refractivity contribution >= 4 is 29.4 Å². The molecule has 8 heteroatoms. The van der Waals surface area contributed by atoms with E-state index in [-0.39, 0.29) is 5.92 Å². The first-order valence-electron chi connectivity index (χ1n) is 10.2. The van der Waals surface area contributed by atoms with Gasteiger partial charge in [-0.05, 0) is 42.9 Å². The molecule has 1 fully saturated rings. The molecular weight excluding hydrogens is 416 g/mol. The normalized spacial score (nSPS) is 15.1. The summed E-state index contributed by atoms with van der Waals surface area (Å²) in [4.78, 5) is 25.1. The molecule has 3 N–H and O–H groups in total. The molecule has 0 aliphatic carbocycles. The molecular formula is C23H28N2O5S. The highest BCUT2D eigenvalue weighted by atomic mass is 32.2. The Hall–Kier alpha value is -2.71. The highest BCUT2D eigenvalue weighted by Crippen LogP contribution is 2.34. The van der Waals surface area contributed by atoms with Crippen LogP contribution in [0.15, 0.2) is 53.4 Å². The van der Waals surface area contributed by atoms with E-state index in [9.17, 15) is 9.59 Å². The fourth-order valence-corrected chi connectivity index (χ4v) is 4.42. The van der Waals surface area contributed by atoms with E-state index in [1.54, 1.807) is 24.9 Å². The van der Waals surface area contributed by atoms with Gasteiger partial charge in [-0.3, -0.25) is 4.79 Å². The molecule has 1 saturated heterocycles. The molecule has 1 atom stereocenters. The van der Waals surface area contributed by atoms with Crippen molar-refractivity contribution < 1.29 is 23.8 Å². The van der Waals surface area contributed by atoms with Crippen LogP contribution < -0.4 is 15.8 Å². The van der Waals surface area contributed by atoms with E-state index in [1.807, 2.05) is 30.3 Å². The van der Waals surface area contributed by atoms with Gasteiger partial charge in [0.1, 0.15) is 5.75 Å². The first kappa shape index (κ1) is 23.0. The quantitative estimate of drug-likeness (QED) is 0.562. The van der Waals surface area contributed by atoms with E-state index in [4.69, 9.17) is 19.9 Å². The lowest BCUT2D eigenvalue weighted by molar-refractivity contribution is -0.125. The van der Waals surface area contributed by atoms with Crippen LogP contribution in [-0.2, 0) is 20.0 Å². The number of methoxy groups -OCH3 is 1. The highest BCUT2D eigenvalue weighted by Gasteiger charge is 2.27. The van der Waals surface area contributed by atoms with Crippen molar-refractivity contribution in [1.82, 2.24) is 0 Å². The van der Waals surface area contributed by atoms with Gasteiger partial charge in [0.05, 0.1) is 7.11 Å². The van der Waals surface area contributed by atoms with Crippen LogP contribution in [0.4, 0.5) is 10.5 Å². The van der Waals surface area contributed by atoms with E-state index in [0.717, 1.165) is 23.5 Å². The molecule has 31 heavy (non-hydrogen) atoms. The summed E-state index contributed by atoms with van der Waals surface area (Å²) >= 11 is 1.65. The molecule has 2 aromatic carbocycles. The lowest BCUT2D eigenvalue weighted by atomic mass is 9.93. The fraction of sp³-hybridized carbons (Fsp3) is 0.391. The average molecular weight is 445 g/mol. The van der Waals surface area contributed by atoms with Crippen molar-refractivity contribution in [2.45, 2.75) is 36.0 Å². The zero-order chi connectivity index (χ0) is 22.1. The summed E-state index contributed by atoms with van der Waals surface area (Å²) in [7, 11) is 1.59. The maximum Gasteiger partial charge on any atom is 0.405 e. The van der Waals surface area contributed by atoms with E-state index >= 15 is 0 Å². The summed E-state index contributed by atoms with van der Waals surface area (Å²) in [5.74, 6) is 1.31. The Bertz CT molecular complexity index is 872. The van der Waals surface area contributed by atoms with Crippen LogP contribution in [0.5, 0.6) is 5.75 Å². The van der Waals surface area contributed by atoms with Crippen LogP contribution in [0.3, 0.4) is 0 Å². The van der Waals surface area contributed by atoms with Gasteiger partial charge in [0, 0.05) is 35.6 Å². The zero-order valence-corrected chi connectivity index (χ0v) is 18.4. The Morgan fingerprint density at radius 3 is 2.61 bits per heavy atom. The minimum atomic E-state index is -0.961. The van der Waals surface area contributed by atoms with Crippen LogP contribution in [0.2, 0.25) is 0 Å². The van der Waals surface area contributed by atoms with E-state index in [1.165, 1.54) is 5.56 Å². The van der Waals surface area contributed by atoms with E-state index in [0.29, 0.717) is 31.1 Å². The van der Waals surface area contributed by atoms with Gasteiger partial charge in [-0.25, -0.2) is 4.79 Å². The molecule has 7 nitrogen and oxygen atoms in total. The van der Waals surface area contributed by atoms with Crippen LogP contribution >= 0.6 is 11.8 Å². The molecule has 0 radical (unpaired) electrons. The molecule has 3 rings (SSSR count). The number of thioether (sulfide) groups is 1. The van der Waals surface area contributed by atoms with Gasteiger partial charge >= 0.3 is 6.09 Å². The predicted molar refractivity (Wildman–Crippen MR) is 120 cm³/mol. The molecule has 0 spiro atoms. The SMILES string of the molecule is COc1cc(NC(=O)[C@H](CC2CCOCC2)OC(N)=O)ccc1SCc1ccccc1. The van der Waals surface area contributed by atoms with Crippen molar-refractivity contribution in [3.63, 3.8) is 0 Å². The molecule has 0 aromatic heterocycles. The number of amides is 2. The maximum absolute atomic E-state index is 12.8. The number of hydrogen-bond donors (Lipinski definition) is 2. The number of carbonyl (C=O) groups is 2.